The second kappa shape index (κ2) is 6.70. The molecular formula is C13H19ClN4O. The van der Waals surface area contributed by atoms with Crippen molar-refractivity contribution in [3.8, 4) is 0 Å². The summed E-state index contributed by atoms with van der Waals surface area (Å²) in [5.74, 6) is 0.782. The molecule has 0 atom stereocenters. The van der Waals surface area contributed by atoms with Crippen molar-refractivity contribution in [1.82, 2.24) is 14.9 Å². The van der Waals surface area contributed by atoms with Crippen LogP contribution >= 0.6 is 11.6 Å². The van der Waals surface area contributed by atoms with Gasteiger partial charge in [-0.05, 0) is 25.7 Å². The number of piperidine rings is 1. The van der Waals surface area contributed by atoms with Gasteiger partial charge in [0.2, 0.25) is 5.91 Å². The van der Waals surface area contributed by atoms with Crippen LogP contribution in [-0.4, -0.2) is 40.4 Å². The maximum absolute atomic E-state index is 12.0. The van der Waals surface area contributed by atoms with E-state index in [1.807, 2.05) is 11.8 Å². The Kier molecular flexibility index (Phi) is 4.96. The molecule has 0 unspecified atom stereocenters. The lowest BCUT2D eigenvalue weighted by molar-refractivity contribution is -0.130. The Balaban J connectivity index is 1.94. The summed E-state index contributed by atoms with van der Waals surface area (Å²) in [6.07, 6.45) is 5.57. The summed E-state index contributed by atoms with van der Waals surface area (Å²) in [5.41, 5.74) is 0.857. The van der Waals surface area contributed by atoms with Crippen LogP contribution in [0.4, 0.5) is 5.82 Å². The van der Waals surface area contributed by atoms with Gasteiger partial charge in [-0.1, -0.05) is 18.5 Å². The summed E-state index contributed by atoms with van der Waals surface area (Å²) in [6, 6.07) is 0. The van der Waals surface area contributed by atoms with Crippen molar-refractivity contribution < 1.29 is 4.79 Å². The SMILES string of the molecule is CCc1c(Cl)ncnc1NCC(=O)N1CCCCC1. The van der Waals surface area contributed by atoms with E-state index in [2.05, 4.69) is 15.3 Å². The van der Waals surface area contributed by atoms with E-state index in [-0.39, 0.29) is 12.5 Å². The molecule has 2 rings (SSSR count). The Labute approximate surface area is 118 Å². The number of rotatable bonds is 4. The molecule has 0 radical (unpaired) electrons. The van der Waals surface area contributed by atoms with E-state index in [1.54, 1.807) is 0 Å². The highest BCUT2D eigenvalue weighted by Crippen LogP contribution is 2.20. The summed E-state index contributed by atoms with van der Waals surface area (Å²) >= 11 is 6.01. The minimum Gasteiger partial charge on any atom is -0.361 e. The lowest BCUT2D eigenvalue weighted by atomic mass is 10.1. The predicted octanol–water partition coefficient (Wildman–Crippen LogP) is 2.12. The molecule has 1 aliphatic heterocycles. The van der Waals surface area contributed by atoms with Crippen LogP contribution in [0.5, 0.6) is 0 Å². The monoisotopic (exact) mass is 282 g/mol. The topological polar surface area (TPSA) is 58.1 Å². The minimum atomic E-state index is 0.122. The van der Waals surface area contributed by atoms with Gasteiger partial charge < -0.3 is 10.2 Å². The fraction of sp³-hybridized carbons (Fsp3) is 0.615. The van der Waals surface area contributed by atoms with Crippen LogP contribution in [0.25, 0.3) is 0 Å². The van der Waals surface area contributed by atoms with Crippen LogP contribution < -0.4 is 5.32 Å². The fourth-order valence-electron chi connectivity index (χ4n) is 2.27. The first-order valence-corrected chi connectivity index (χ1v) is 7.11. The van der Waals surface area contributed by atoms with Crippen molar-refractivity contribution in [1.29, 1.82) is 0 Å². The van der Waals surface area contributed by atoms with E-state index < -0.39 is 0 Å². The molecule has 1 fully saturated rings. The zero-order valence-electron chi connectivity index (χ0n) is 11.2. The van der Waals surface area contributed by atoms with E-state index in [9.17, 15) is 4.79 Å². The van der Waals surface area contributed by atoms with Gasteiger partial charge in [0, 0.05) is 18.7 Å². The third-order valence-corrected chi connectivity index (χ3v) is 3.69. The number of aromatic nitrogens is 2. The minimum absolute atomic E-state index is 0.122. The molecule has 2 heterocycles. The summed E-state index contributed by atoms with van der Waals surface area (Å²) < 4.78 is 0. The molecule has 1 N–H and O–H groups in total. The molecule has 0 bridgehead atoms. The third kappa shape index (κ3) is 3.56. The Hall–Kier alpha value is -1.36. The number of anilines is 1. The molecule has 0 aromatic carbocycles. The van der Waals surface area contributed by atoms with Crippen LogP contribution in [-0.2, 0) is 11.2 Å². The van der Waals surface area contributed by atoms with Crippen LogP contribution in [0.2, 0.25) is 5.15 Å². The normalized spacial score (nSPS) is 15.4. The quantitative estimate of drug-likeness (QED) is 0.860. The number of carbonyl (C=O) groups is 1. The largest absolute Gasteiger partial charge is 0.361 e. The maximum atomic E-state index is 12.0. The number of halogens is 1. The lowest BCUT2D eigenvalue weighted by Gasteiger charge is -2.27. The van der Waals surface area contributed by atoms with Gasteiger partial charge in [-0.3, -0.25) is 4.79 Å². The van der Waals surface area contributed by atoms with Gasteiger partial charge in [0.25, 0.3) is 0 Å². The molecule has 5 nitrogen and oxygen atoms in total. The van der Waals surface area contributed by atoms with Crippen LogP contribution in [0.3, 0.4) is 0 Å². The van der Waals surface area contributed by atoms with Crippen LogP contribution in [0.15, 0.2) is 6.33 Å². The highest BCUT2D eigenvalue weighted by Gasteiger charge is 2.17. The van der Waals surface area contributed by atoms with Crippen molar-refractivity contribution in [2.24, 2.45) is 0 Å². The van der Waals surface area contributed by atoms with E-state index in [0.29, 0.717) is 11.0 Å². The first-order valence-electron chi connectivity index (χ1n) is 6.73. The van der Waals surface area contributed by atoms with Crippen molar-refractivity contribution >= 4 is 23.3 Å². The molecule has 104 valence electrons. The summed E-state index contributed by atoms with van der Waals surface area (Å²) in [4.78, 5) is 22.0. The van der Waals surface area contributed by atoms with Gasteiger partial charge in [-0.25, -0.2) is 9.97 Å². The van der Waals surface area contributed by atoms with Gasteiger partial charge in [0.05, 0.1) is 6.54 Å². The molecule has 0 aliphatic carbocycles. The average Bonchev–Trinajstić information content (AvgIpc) is 2.45. The smallest absolute Gasteiger partial charge is 0.241 e. The second-order valence-corrected chi connectivity index (χ2v) is 5.00. The van der Waals surface area contributed by atoms with E-state index in [4.69, 9.17) is 11.6 Å². The molecule has 6 heteroatoms. The summed E-state index contributed by atoms with van der Waals surface area (Å²) in [6.45, 7) is 3.99. The van der Waals surface area contributed by atoms with Crippen molar-refractivity contribution in [3.05, 3.63) is 17.0 Å². The van der Waals surface area contributed by atoms with Crippen LogP contribution in [0, 0.1) is 0 Å². The van der Waals surface area contributed by atoms with E-state index in [1.165, 1.54) is 12.7 Å². The Morgan fingerprint density at radius 3 is 2.79 bits per heavy atom. The second-order valence-electron chi connectivity index (χ2n) is 4.64. The molecular weight excluding hydrogens is 264 g/mol. The molecule has 0 saturated carbocycles. The zero-order valence-corrected chi connectivity index (χ0v) is 11.9. The maximum Gasteiger partial charge on any atom is 0.241 e. The third-order valence-electron chi connectivity index (χ3n) is 3.36. The number of hydrogen-bond donors (Lipinski definition) is 1. The number of likely N-dealkylation sites (tertiary alicyclic amines) is 1. The number of hydrogen-bond acceptors (Lipinski definition) is 4. The lowest BCUT2D eigenvalue weighted by Crippen LogP contribution is -2.39. The first kappa shape index (κ1) is 14.1. The fourth-order valence-corrected chi connectivity index (χ4v) is 2.54. The van der Waals surface area contributed by atoms with E-state index >= 15 is 0 Å². The molecule has 1 aromatic rings. The Morgan fingerprint density at radius 2 is 2.11 bits per heavy atom. The average molecular weight is 283 g/mol. The zero-order chi connectivity index (χ0) is 13.7. The van der Waals surface area contributed by atoms with Crippen LogP contribution in [0.1, 0.15) is 31.7 Å². The molecule has 19 heavy (non-hydrogen) atoms. The van der Waals surface area contributed by atoms with Crippen molar-refractivity contribution in [2.75, 3.05) is 25.0 Å². The molecule has 1 saturated heterocycles. The van der Waals surface area contributed by atoms with Gasteiger partial charge in [0.15, 0.2) is 0 Å². The predicted molar refractivity (Wildman–Crippen MR) is 75.3 cm³/mol. The molecule has 0 spiro atoms. The standard InChI is InChI=1S/C13H19ClN4O/c1-2-10-12(14)16-9-17-13(10)15-8-11(19)18-6-4-3-5-7-18/h9H,2-8H2,1H3,(H,15,16,17). The van der Waals surface area contributed by atoms with Gasteiger partial charge in [0.1, 0.15) is 17.3 Å². The summed E-state index contributed by atoms with van der Waals surface area (Å²) in [7, 11) is 0. The van der Waals surface area contributed by atoms with Crippen molar-refractivity contribution in [2.45, 2.75) is 32.6 Å². The van der Waals surface area contributed by atoms with Gasteiger partial charge in [-0.2, -0.15) is 0 Å². The summed E-state index contributed by atoms with van der Waals surface area (Å²) in [5, 5.41) is 3.52. The first-order chi connectivity index (χ1) is 9.22. The molecule has 1 aliphatic rings. The Morgan fingerprint density at radius 1 is 1.37 bits per heavy atom. The van der Waals surface area contributed by atoms with Gasteiger partial charge >= 0.3 is 0 Å². The van der Waals surface area contributed by atoms with Crippen molar-refractivity contribution in [3.63, 3.8) is 0 Å². The number of carbonyl (C=O) groups excluding carboxylic acids is 1. The number of nitrogens with one attached hydrogen (secondary N) is 1. The number of nitrogens with zero attached hydrogens (tertiary/aromatic N) is 3. The van der Waals surface area contributed by atoms with E-state index in [0.717, 1.165) is 37.9 Å². The highest BCUT2D eigenvalue weighted by atomic mass is 35.5. The van der Waals surface area contributed by atoms with Gasteiger partial charge in [-0.15, -0.1) is 0 Å². The highest BCUT2D eigenvalue weighted by molar-refractivity contribution is 6.30. The molecule has 1 amide bonds. The number of amides is 1. The molecule has 1 aromatic heterocycles. The Bertz CT molecular complexity index is 446.